The predicted molar refractivity (Wildman–Crippen MR) is 92.7 cm³/mol. The van der Waals surface area contributed by atoms with Crippen LogP contribution >= 0.6 is 15.9 Å². The molecule has 0 radical (unpaired) electrons. The molecule has 0 aromatic heterocycles. The van der Waals surface area contributed by atoms with Crippen LogP contribution in [0.15, 0.2) is 52.1 Å². The normalized spacial score (nSPS) is 10.6. The minimum Gasteiger partial charge on any atom is -0.497 e. The number of rotatable bonds is 8. The fourth-order valence-corrected chi connectivity index (χ4v) is 2.08. The van der Waals surface area contributed by atoms with E-state index in [2.05, 4.69) is 21.1 Å². The van der Waals surface area contributed by atoms with Crippen molar-refractivity contribution in [2.45, 2.75) is 0 Å². The van der Waals surface area contributed by atoms with Gasteiger partial charge in [0.1, 0.15) is 23.9 Å². The Kier molecular flexibility index (Phi) is 6.75. The van der Waals surface area contributed by atoms with Gasteiger partial charge < -0.3 is 19.0 Å². The first-order valence-corrected chi connectivity index (χ1v) is 7.78. The van der Waals surface area contributed by atoms with Crippen LogP contribution in [0, 0.1) is 0 Å². The van der Waals surface area contributed by atoms with Crippen LogP contribution in [0.1, 0.15) is 5.56 Å². The van der Waals surface area contributed by atoms with Crippen molar-refractivity contribution in [2.24, 2.45) is 5.16 Å². The largest absolute Gasteiger partial charge is 0.497 e. The Hall–Kier alpha value is -2.21. The number of methoxy groups -OCH3 is 2. The summed E-state index contributed by atoms with van der Waals surface area (Å²) in [6, 6.07) is 13.1. The lowest BCUT2D eigenvalue weighted by molar-refractivity contribution is 0.108. The topological polar surface area (TPSA) is 49.3 Å². The molecular weight excluding hydrogens is 362 g/mol. The van der Waals surface area contributed by atoms with Gasteiger partial charge in [-0.3, -0.25) is 0 Å². The lowest BCUT2D eigenvalue weighted by atomic mass is 10.2. The standard InChI is InChI=1S/C17H18BrNO4/c1-20-16-7-8-17(21-2)13(11-16)12-19-23-10-9-22-15-5-3-14(18)4-6-15/h3-8,11-12H,9-10H2,1-2H3/b19-12-. The van der Waals surface area contributed by atoms with E-state index in [4.69, 9.17) is 19.0 Å². The van der Waals surface area contributed by atoms with E-state index in [1.807, 2.05) is 42.5 Å². The van der Waals surface area contributed by atoms with Crippen LogP contribution in [0.2, 0.25) is 0 Å². The van der Waals surface area contributed by atoms with Crippen molar-refractivity contribution in [3.63, 3.8) is 0 Å². The summed E-state index contributed by atoms with van der Waals surface area (Å²) in [5.41, 5.74) is 0.778. The predicted octanol–water partition coefficient (Wildman–Crippen LogP) is 3.90. The molecule has 122 valence electrons. The number of nitrogens with zero attached hydrogens (tertiary/aromatic N) is 1. The lowest BCUT2D eigenvalue weighted by Crippen LogP contribution is -2.04. The molecule has 0 aliphatic rings. The molecule has 2 aromatic rings. The fraction of sp³-hybridized carbons (Fsp3) is 0.235. The zero-order valence-electron chi connectivity index (χ0n) is 13.0. The molecule has 6 heteroatoms. The lowest BCUT2D eigenvalue weighted by Gasteiger charge is -2.07. The van der Waals surface area contributed by atoms with Crippen molar-refractivity contribution < 1.29 is 19.0 Å². The summed E-state index contributed by atoms with van der Waals surface area (Å²) in [6.07, 6.45) is 1.58. The highest BCUT2D eigenvalue weighted by molar-refractivity contribution is 9.10. The van der Waals surface area contributed by atoms with Gasteiger partial charge in [-0.05, 0) is 42.5 Å². The van der Waals surface area contributed by atoms with Gasteiger partial charge in [0.05, 0.1) is 20.4 Å². The number of ether oxygens (including phenoxy) is 3. The molecule has 0 bridgehead atoms. The van der Waals surface area contributed by atoms with Crippen LogP contribution in [0.5, 0.6) is 17.2 Å². The van der Waals surface area contributed by atoms with E-state index in [9.17, 15) is 0 Å². The maximum atomic E-state index is 5.53. The van der Waals surface area contributed by atoms with E-state index in [-0.39, 0.29) is 0 Å². The third-order valence-corrected chi connectivity index (χ3v) is 3.49. The van der Waals surface area contributed by atoms with E-state index in [1.54, 1.807) is 20.4 Å². The number of benzene rings is 2. The Labute approximate surface area is 143 Å². The molecule has 0 aliphatic carbocycles. The first-order chi connectivity index (χ1) is 11.2. The third-order valence-electron chi connectivity index (χ3n) is 2.96. The summed E-state index contributed by atoms with van der Waals surface area (Å²) in [7, 11) is 3.21. The molecule has 5 nitrogen and oxygen atoms in total. The molecule has 0 amide bonds. The molecule has 0 fully saturated rings. The van der Waals surface area contributed by atoms with Crippen LogP contribution in [-0.4, -0.2) is 33.6 Å². The van der Waals surface area contributed by atoms with Gasteiger partial charge in [-0.2, -0.15) is 0 Å². The molecule has 0 saturated heterocycles. The number of oxime groups is 1. The zero-order valence-corrected chi connectivity index (χ0v) is 14.6. The first-order valence-electron chi connectivity index (χ1n) is 6.98. The second-order valence-electron chi connectivity index (χ2n) is 4.48. The highest BCUT2D eigenvalue weighted by atomic mass is 79.9. The monoisotopic (exact) mass is 379 g/mol. The second kappa shape index (κ2) is 9.05. The fourth-order valence-electron chi connectivity index (χ4n) is 1.81. The molecule has 0 atom stereocenters. The highest BCUT2D eigenvalue weighted by Crippen LogP contribution is 2.22. The van der Waals surface area contributed by atoms with E-state index >= 15 is 0 Å². The van der Waals surface area contributed by atoms with Gasteiger partial charge in [-0.1, -0.05) is 21.1 Å². The van der Waals surface area contributed by atoms with E-state index in [0.717, 1.165) is 21.5 Å². The van der Waals surface area contributed by atoms with Crippen molar-refractivity contribution in [3.8, 4) is 17.2 Å². The number of halogens is 1. The third kappa shape index (κ3) is 5.49. The highest BCUT2D eigenvalue weighted by Gasteiger charge is 2.02. The van der Waals surface area contributed by atoms with Crippen molar-refractivity contribution in [1.29, 1.82) is 0 Å². The summed E-state index contributed by atoms with van der Waals surface area (Å²) in [5, 5.41) is 3.92. The minimum absolute atomic E-state index is 0.346. The van der Waals surface area contributed by atoms with Gasteiger partial charge in [-0.25, -0.2) is 0 Å². The van der Waals surface area contributed by atoms with E-state index in [1.165, 1.54) is 0 Å². The molecular formula is C17H18BrNO4. The van der Waals surface area contributed by atoms with Crippen LogP contribution in [0.3, 0.4) is 0 Å². The SMILES string of the molecule is COc1ccc(OC)c(/C=N\OCCOc2ccc(Br)cc2)c1. The molecule has 0 unspecified atom stereocenters. The van der Waals surface area contributed by atoms with Crippen LogP contribution in [0.4, 0.5) is 0 Å². The van der Waals surface area contributed by atoms with Crippen molar-refractivity contribution in [1.82, 2.24) is 0 Å². The average Bonchev–Trinajstić information content (AvgIpc) is 2.59. The van der Waals surface area contributed by atoms with Crippen LogP contribution < -0.4 is 14.2 Å². The van der Waals surface area contributed by atoms with Crippen molar-refractivity contribution >= 4 is 22.1 Å². The Bertz CT molecular complexity index is 644. The van der Waals surface area contributed by atoms with E-state index < -0.39 is 0 Å². The Morgan fingerprint density at radius 1 is 0.957 bits per heavy atom. The van der Waals surface area contributed by atoms with Gasteiger partial charge in [0.15, 0.2) is 6.61 Å². The van der Waals surface area contributed by atoms with Gasteiger partial charge in [0.2, 0.25) is 0 Å². The zero-order chi connectivity index (χ0) is 16.5. The number of hydrogen-bond donors (Lipinski definition) is 0. The number of hydrogen-bond acceptors (Lipinski definition) is 5. The van der Waals surface area contributed by atoms with Crippen LogP contribution in [-0.2, 0) is 4.84 Å². The average molecular weight is 380 g/mol. The van der Waals surface area contributed by atoms with Gasteiger partial charge >= 0.3 is 0 Å². The van der Waals surface area contributed by atoms with Gasteiger partial charge in [0.25, 0.3) is 0 Å². The molecule has 0 aliphatic heterocycles. The molecule has 0 saturated carbocycles. The Balaban J connectivity index is 1.79. The second-order valence-corrected chi connectivity index (χ2v) is 5.39. The Morgan fingerprint density at radius 3 is 2.39 bits per heavy atom. The van der Waals surface area contributed by atoms with E-state index in [0.29, 0.717) is 19.0 Å². The molecule has 0 N–H and O–H groups in total. The summed E-state index contributed by atoms with van der Waals surface area (Å²) >= 11 is 3.37. The molecule has 2 aromatic carbocycles. The van der Waals surface area contributed by atoms with Gasteiger partial charge in [-0.15, -0.1) is 0 Å². The smallest absolute Gasteiger partial charge is 0.151 e. The molecule has 2 rings (SSSR count). The molecule has 0 spiro atoms. The molecule has 23 heavy (non-hydrogen) atoms. The van der Waals surface area contributed by atoms with Gasteiger partial charge in [0, 0.05) is 10.0 Å². The minimum atomic E-state index is 0.346. The maximum absolute atomic E-state index is 5.53. The Morgan fingerprint density at radius 2 is 1.70 bits per heavy atom. The van der Waals surface area contributed by atoms with Crippen molar-refractivity contribution in [2.75, 3.05) is 27.4 Å². The van der Waals surface area contributed by atoms with Crippen molar-refractivity contribution in [3.05, 3.63) is 52.5 Å². The first kappa shape index (κ1) is 17.1. The quantitative estimate of drug-likeness (QED) is 0.396. The summed E-state index contributed by atoms with van der Waals surface area (Å²) in [5.74, 6) is 2.21. The maximum Gasteiger partial charge on any atom is 0.151 e. The summed E-state index contributed by atoms with van der Waals surface area (Å²) in [4.78, 5) is 5.19. The van der Waals surface area contributed by atoms with Crippen LogP contribution in [0.25, 0.3) is 0 Å². The summed E-state index contributed by atoms with van der Waals surface area (Å²) < 4.78 is 17.0. The molecule has 0 heterocycles. The summed E-state index contributed by atoms with van der Waals surface area (Å²) in [6.45, 7) is 0.757.